The molecule has 1 atom stereocenters. The van der Waals surface area contributed by atoms with E-state index in [-0.39, 0.29) is 11.2 Å². The highest BCUT2D eigenvalue weighted by Crippen LogP contribution is 2.37. The van der Waals surface area contributed by atoms with Gasteiger partial charge in [-0.2, -0.15) is 0 Å². The monoisotopic (exact) mass is 286 g/mol. The summed E-state index contributed by atoms with van der Waals surface area (Å²) in [6, 6.07) is 20.2. The van der Waals surface area contributed by atoms with Gasteiger partial charge in [0, 0.05) is 10.1 Å². The highest BCUT2D eigenvalue weighted by atomic mass is 32.2. The highest BCUT2D eigenvalue weighted by Gasteiger charge is 2.18. The van der Waals surface area contributed by atoms with E-state index in [0.717, 1.165) is 10.5 Å². The number of thioether (sulfide) groups is 1. The molecule has 0 aliphatic heterocycles. The summed E-state index contributed by atoms with van der Waals surface area (Å²) in [5.74, 6) is -0.148. The zero-order chi connectivity index (χ0) is 14.2. The summed E-state index contributed by atoms with van der Waals surface area (Å²) in [5, 5.41) is 0.0812. The Morgan fingerprint density at radius 1 is 1.05 bits per heavy atom. The number of rotatable bonds is 6. The third kappa shape index (κ3) is 4.42. The van der Waals surface area contributed by atoms with Crippen LogP contribution in [0.5, 0.6) is 0 Å². The van der Waals surface area contributed by atoms with Gasteiger partial charge in [0.15, 0.2) is 0 Å². The van der Waals surface area contributed by atoms with Gasteiger partial charge in [-0.3, -0.25) is 4.79 Å². The molecule has 0 fully saturated rings. The molecule has 0 aromatic heterocycles. The fourth-order valence-electron chi connectivity index (χ4n) is 1.93. The van der Waals surface area contributed by atoms with Gasteiger partial charge in [-0.05, 0) is 24.6 Å². The molecule has 2 aromatic rings. The number of carbonyl (C=O) groups excluding carboxylic acids is 1. The molecule has 104 valence electrons. The maximum Gasteiger partial charge on any atom is 0.307 e. The number of hydrogen-bond donors (Lipinski definition) is 0. The smallest absolute Gasteiger partial charge is 0.307 e. The fraction of sp³-hybridized carbons (Fsp3) is 0.235. The number of esters is 1. The molecular weight excluding hydrogens is 268 g/mol. The van der Waals surface area contributed by atoms with Gasteiger partial charge < -0.3 is 4.74 Å². The number of benzene rings is 2. The second-order valence-electron chi connectivity index (χ2n) is 4.34. The highest BCUT2D eigenvalue weighted by molar-refractivity contribution is 7.99. The third-order valence-electron chi connectivity index (χ3n) is 2.85. The van der Waals surface area contributed by atoms with Crippen LogP contribution in [0.15, 0.2) is 65.6 Å². The van der Waals surface area contributed by atoms with Crippen molar-refractivity contribution < 1.29 is 9.53 Å². The summed E-state index contributed by atoms with van der Waals surface area (Å²) >= 11 is 1.70. The van der Waals surface area contributed by atoms with Gasteiger partial charge in [0.25, 0.3) is 0 Å². The van der Waals surface area contributed by atoms with Crippen molar-refractivity contribution in [3.05, 3.63) is 66.2 Å². The maximum atomic E-state index is 11.8. The van der Waals surface area contributed by atoms with E-state index in [1.807, 2.05) is 43.3 Å². The molecule has 0 amide bonds. The van der Waals surface area contributed by atoms with Crippen molar-refractivity contribution in [1.29, 1.82) is 0 Å². The second kappa shape index (κ2) is 7.75. The molecule has 3 heteroatoms. The zero-order valence-corrected chi connectivity index (χ0v) is 12.3. The maximum absolute atomic E-state index is 11.8. The van der Waals surface area contributed by atoms with Crippen LogP contribution in [0.4, 0.5) is 0 Å². The van der Waals surface area contributed by atoms with Crippen LogP contribution in [0.3, 0.4) is 0 Å². The molecule has 0 radical (unpaired) electrons. The van der Waals surface area contributed by atoms with Crippen molar-refractivity contribution in [2.45, 2.75) is 23.5 Å². The average Bonchev–Trinajstić information content (AvgIpc) is 2.49. The molecular formula is C17H18O2S. The summed E-state index contributed by atoms with van der Waals surface area (Å²) < 4.78 is 5.08. The summed E-state index contributed by atoms with van der Waals surface area (Å²) in [5.41, 5.74) is 1.15. The van der Waals surface area contributed by atoms with Gasteiger partial charge in [-0.25, -0.2) is 0 Å². The van der Waals surface area contributed by atoms with Gasteiger partial charge in [0.05, 0.1) is 13.0 Å². The predicted octanol–water partition coefficient (Wildman–Crippen LogP) is 4.47. The Balaban J connectivity index is 2.14. The minimum atomic E-state index is -0.148. The lowest BCUT2D eigenvalue weighted by atomic mass is 10.1. The quantitative estimate of drug-likeness (QED) is 0.579. The molecule has 0 heterocycles. The summed E-state index contributed by atoms with van der Waals surface area (Å²) in [4.78, 5) is 12.9. The normalized spacial score (nSPS) is 11.8. The van der Waals surface area contributed by atoms with Crippen LogP contribution < -0.4 is 0 Å². The Hall–Kier alpha value is -1.74. The van der Waals surface area contributed by atoms with Gasteiger partial charge in [-0.15, -0.1) is 11.8 Å². The first-order valence-corrected chi connectivity index (χ1v) is 7.60. The Labute approximate surface area is 124 Å². The van der Waals surface area contributed by atoms with Crippen LogP contribution in [0.2, 0.25) is 0 Å². The molecule has 0 N–H and O–H groups in total. The molecule has 0 spiro atoms. The van der Waals surface area contributed by atoms with Crippen LogP contribution in [-0.4, -0.2) is 12.6 Å². The average molecular weight is 286 g/mol. The standard InChI is InChI=1S/C17H18O2S/c1-2-19-17(18)13-16(14-9-5-3-6-10-14)20-15-11-7-4-8-12-15/h3-12,16H,2,13H2,1H3. The number of ether oxygens (including phenoxy) is 1. The van der Waals surface area contributed by atoms with Gasteiger partial charge in [0.1, 0.15) is 0 Å². The van der Waals surface area contributed by atoms with Crippen LogP contribution in [0, 0.1) is 0 Å². The van der Waals surface area contributed by atoms with E-state index < -0.39 is 0 Å². The van der Waals surface area contributed by atoms with E-state index in [4.69, 9.17) is 4.74 Å². The second-order valence-corrected chi connectivity index (χ2v) is 5.62. The summed E-state index contributed by atoms with van der Waals surface area (Å²) in [6.45, 7) is 2.26. The van der Waals surface area contributed by atoms with E-state index in [0.29, 0.717) is 13.0 Å². The largest absolute Gasteiger partial charge is 0.466 e. The van der Waals surface area contributed by atoms with Crippen LogP contribution in [0.1, 0.15) is 24.2 Å². The summed E-state index contributed by atoms with van der Waals surface area (Å²) in [6.07, 6.45) is 0.386. The molecule has 0 saturated carbocycles. The van der Waals surface area contributed by atoms with Crippen molar-refractivity contribution in [3.63, 3.8) is 0 Å². The lowest BCUT2D eigenvalue weighted by molar-refractivity contribution is -0.143. The van der Waals surface area contributed by atoms with E-state index >= 15 is 0 Å². The minimum absolute atomic E-state index is 0.0812. The van der Waals surface area contributed by atoms with Gasteiger partial charge in [0.2, 0.25) is 0 Å². The molecule has 2 nitrogen and oxygen atoms in total. The lowest BCUT2D eigenvalue weighted by Gasteiger charge is -2.16. The van der Waals surface area contributed by atoms with Crippen molar-refractivity contribution in [3.8, 4) is 0 Å². The SMILES string of the molecule is CCOC(=O)CC(Sc1ccccc1)c1ccccc1. The van der Waals surface area contributed by atoms with Crippen LogP contribution in [0.25, 0.3) is 0 Å². The van der Waals surface area contributed by atoms with Crippen molar-refractivity contribution >= 4 is 17.7 Å². The topological polar surface area (TPSA) is 26.3 Å². The molecule has 0 aliphatic carbocycles. The van der Waals surface area contributed by atoms with E-state index in [2.05, 4.69) is 24.3 Å². The molecule has 0 bridgehead atoms. The van der Waals surface area contributed by atoms with Crippen molar-refractivity contribution in [2.75, 3.05) is 6.61 Å². The first-order valence-electron chi connectivity index (χ1n) is 6.72. The van der Waals surface area contributed by atoms with Crippen molar-refractivity contribution in [1.82, 2.24) is 0 Å². The van der Waals surface area contributed by atoms with Crippen molar-refractivity contribution in [2.24, 2.45) is 0 Å². The van der Waals surface area contributed by atoms with Crippen LogP contribution >= 0.6 is 11.8 Å². The molecule has 20 heavy (non-hydrogen) atoms. The molecule has 0 aliphatic rings. The summed E-state index contributed by atoms with van der Waals surface area (Å²) in [7, 11) is 0. The molecule has 0 saturated heterocycles. The Kier molecular flexibility index (Phi) is 5.69. The van der Waals surface area contributed by atoms with Gasteiger partial charge in [-0.1, -0.05) is 48.5 Å². The van der Waals surface area contributed by atoms with E-state index in [1.54, 1.807) is 11.8 Å². The third-order valence-corrected chi connectivity index (χ3v) is 4.12. The van der Waals surface area contributed by atoms with E-state index in [9.17, 15) is 4.79 Å². The van der Waals surface area contributed by atoms with Gasteiger partial charge >= 0.3 is 5.97 Å². The number of hydrogen-bond acceptors (Lipinski definition) is 3. The Morgan fingerprint density at radius 3 is 2.25 bits per heavy atom. The fourth-order valence-corrected chi connectivity index (χ4v) is 3.09. The molecule has 2 rings (SSSR count). The predicted molar refractivity (Wildman–Crippen MR) is 82.7 cm³/mol. The first-order chi connectivity index (χ1) is 9.79. The molecule has 2 aromatic carbocycles. The minimum Gasteiger partial charge on any atom is -0.466 e. The first kappa shape index (κ1) is 14.7. The Morgan fingerprint density at radius 2 is 1.65 bits per heavy atom. The Bertz CT molecular complexity index is 525. The van der Waals surface area contributed by atoms with Crippen LogP contribution in [-0.2, 0) is 9.53 Å². The number of carbonyl (C=O) groups is 1. The zero-order valence-electron chi connectivity index (χ0n) is 11.5. The molecule has 1 unspecified atom stereocenters. The van der Waals surface area contributed by atoms with E-state index in [1.165, 1.54) is 0 Å². The lowest BCUT2D eigenvalue weighted by Crippen LogP contribution is -2.08.